The van der Waals surface area contributed by atoms with Crippen LogP contribution in [0.4, 0.5) is 0 Å². The Morgan fingerprint density at radius 3 is 2.38 bits per heavy atom. The number of ether oxygens (including phenoxy) is 1. The first-order valence-electron chi connectivity index (χ1n) is 3.44. The van der Waals surface area contributed by atoms with Crippen molar-refractivity contribution in [2.24, 2.45) is 0 Å². The molecule has 0 rings (SSSR count). The molecule has 1 atom stereocenters. The molecule has 0 bridgehead atoms. The first kappa shape index (κ1) is 12.6. The Morgan fingerprint density at radius 1 is 1.46 bits per heavy atom. The van der Waals surface area contributed by atoms with Gasteiger partial charge < -0.3 is 9.63 Å². The van der Waals surface area contributed by atoms with Crippen LogP contribution in [0.25, 0.3) is 0 Å². The van der Waals surface area contributed by atoms with E-state index < -0.39 is 20.2 Å². The predicted molar refractivity (Wildman–Crippen MR) is 43.4 cm³/mol. The van der Waals surface area contributed by atoms with E-state index >= 15 is 0 Å². The van der Waals surface area contributed by atoms with Gasteiger partial charge in [-0.25, -0.2) is 13.9 Å². The van der Waals surface area contributed by atoms with Crippen LogP contribution in [0.5, 0.6) is 0 Å². The molecule has 7 heteroatoms. The number of rotatable bonds is 5. The van der Waals surface area contributed by atoms with E-state index in [9.17, 15) is 9.36 Å². The molecule has 0 aromatic rings. The van der Waals surface area contributed by atoms with Gasteiger partial charge in [0, 0.05) is 0 Å². The van der Waals surface area contributed by atoms with Gasteiger partial charge in [-0.05, 0) is 20.8 Å². The summed E-state index contributed by atoms with van der Waals surface area (Å²) in [5.41, 5.74) is -0.810. The number of hydrogen-bond acceptors (Lipinski definition) is 5. The maximum absolute atomic E-state index is 11.0. The minimum atomic E-state index is -4.15. The minimum Gasteiger partial charge on any atom is -0.429 e. The molecule has 0 fully saturated rings. The molecule has 6 nitrogen and oxygen atoms in total. The van der Waals surface area contributed by atoms with Crippen LogP contribution < -0.4 is 0 Å². The second kappa shape index (κ2) is 4.72. The van der Waals surface area contributed by atoms with Gasteiger partial charge in [-0.1, -0.05) is 0 Å². The van der Waals surface area contributed by atoms with Crippen molar-refractivity contribution in [3.63, 3.8) is 0 Å². The third-order valence-corrected chi connectivity index (χ3v) is 1.93. The third-order valence-electron chi connectivity index (χ3n) is 0.723. The Morgan fingerprint density at radius 2 is 2.00 bits per heavy atom. The SMILES string of the molecule is CC(C)(C)OP(=O)(O)OCO[C]=O. The molecule has 0 aromatic carbocycles. The molecule has 1 radical (unpaired) electrons. The topological polar surface area (TPSA) is 82.1 Å². The highest BCUT2D eigenvalue weighted by molar-refractivity contribution is 7.47. The fourth-order valence-corrected chi connectivity index (χ4v) is 1.42. The molecule has 0 aromatic heterocycles. The molecule has 0 heterocycles. The number of carbonyl (C=O) groups excluding carboxylic acids is 1. The van der Waals surface area contributed by atoms with Crippen LogP contribution in [0, 0.1) is 0 Å². The van der Waals surface area contributed by atoms with Crippen molar-refractivity contribution in [3.05, 3.63) is 0 Å². The van der Waals surface area contributed by atoms with Gasteiger partial charge in [0.05, 0.1) is 5.60 Å². The molecule has 77 valence electrons. The van der Waals surface area contributed by atoms with Gasteiger partial charge in [0.2, 0.25) is 6.79 Å². The molecule has 0 aliphatic rings. The minimum absolute atomic E-state index is 0.659. The summed E-state index contributed by atoms with van der Waals surface area (Å²) in [5.74, 6) is 0. The molecule has 0 saturated carbocycles. The van der Waals surface area contributed by atoms with Gasteiger partial charge in [0.25, 0.3) is 0 Å². The summed E-state index contributed by atoms with van der Waals surface area (Å²) in [5, 5.41) is 0. The second-order valence-electron chi connectivity index (χ2n) is 3.15. The molecule has 0 spiro atoms. The van der Waals surface area contributed by atoms with Gasteiger partial charge in [-0.15, -0.1) is 0 Å². The lowest BCUT2D eigenvalue weighted by Crippen LogP contribution is -2.18. The van der Waals surface area contributed by atoms with Crippen LogP contribution in [-0.2, 0) is 23.1 Å². The maximum Gasteiger partial charge on any atom is 0.475 e. The quantitative estimate of drug-likeness (QED) is 0.414. The van der Waals surface area contributed by atoms with Crippen molar-refractivity contribution >= 4 is 14.3 Å². The van der Waals surface area contributed by atoms with Crippen LogP contribution in [0.2, 0.25) is 0 Å². The van der Waals surface area contributed by atoms with Crippen molar-refractivity contribution in [2.75, 3.05) is 6.79 Å². The van der Waals surface area contributed by atoms with E-state index in [1.807, 2.05) is 0 Å². The Labute approximate surface area is 76.4 Å². The standard InChI is InChI=1S/C6H12O6P/c1-6(2,3)12-13(8,9)11-5-10-4-7/h5H2,1-3H3,(H,8,9). The first-order valence-corrected chi connectivity index (χ1v) is 4.93. The number of phosphoric acid groups is 1. The molecule has 1 N–H and O–H groups in total. The summed E-state index contributed by atoms with van der Waals surface area (Å²) in [7, 11) is -4.15. The van der Waals surface area contributed by atoms with Crippen molar-refractivity contribution in [1.82, 2.24) is 0 Å². The highest BCUT2D eigenvalue weighted by Crippen LogP contribution is 2.46. The predicted octanol–water partition coefficient (Wildman–Crippen LogP) is 0.960. The molecule has 0 amide bonds. The van der Waals surface area contributed by atoms with Crippen LogP contribution in [0.15, 0.2) is 0 Å². The monoisotopic (exact) mass is 211 g/mol. The maximum atomic E-state index is 11.0. The van der Waals surface area contributed by atoms with Gasteiger partial charge in [0.1, 0.15) is 0 Å². The molecule has 0 aliphatic heterocycles. The van der Waals surface area contributed by atoms with Gasteiger partial charge in [0.15, 0.2) is 0 Å². The summed E-state index contributed by atoms with van der Waals surface area (Å²) < 4.78 is 23.9. The Balaban J connectivity index is 3.94. The summed E-state index contributed by atoms with van der Waals surface area (Å²) in [6, 6.07) is 0. The number of hydrogen-bond donors (Lipinski definition) is 1. The van der Waals surface area contributed by atoms with E-state index in [2.05, 4.69) is 13.8 Å². The highest BCUT2D eigenvalue weighted by atomic mass is 31.2. The Bertz CT molecular complexity index is 208. The summed E-state index contributed by atoms with van der Waals surface area (Å²) in [6.45, 7) is 5.15. The van der Waals surface area contributed by atoms with Crippen LogP contribution in [0.3, 0.4) is 0 Å². The summed E-state index contributed by atoms with van der Waals surface area (Å²) in [6.07, 6.45) is 0. The Kier molecular flexibility index (Phi) is 4.56. The van der Waals surface area contributed by atoms with Crippen LogP contribution in [-0.4, -0.2) is 23.8 Å². The van der Waals surface area contributed by atoms with Crippen molar-refractivity contribution in [1.29, 1.82) is 0 Å². The zero-order valence-electron chi connectivity index (χ0n) is 7.64. The van der Waals surface area contributed by atoms with E-state index in [0.717, 1.165) is 6.47 Å². The fourth-order valence-electron chi connectivity index (χ4n) is 0.489. The summed E-state index contributed by atoms with van der Waals surface area (Å²) in [4.78, 5) is 18.5. The fraction of sp³-hybridized carbons (Fsp3) is 0.833. The molecule has 0 aliphatic carbocycles. The first-order chi connectivity index (χ1) is 5.77. The lowest BCUT2D eigenvalue weighted by molar-refractivity contribution is 0.0212. The van der Waals surface area contributed by atoms with E-state index in [-0.39, 0.29) is 0 Å². The molecule has 13 heavy (non-hydrogen) atoms. The lowest BCUT2D eigenvalue weighted by atomic mass is 10.2. The van der Waals surface area contributed by atoms with Crippen molar-refractivity contribution in [2.45, 2.75) is 26.4 Å². The smallest absolute Gasteiger partial charge is 0.429 e. The Hall–Kier alpha value is -0.420. The molecular weight excluding hydrogens is 199 g/mol. The van der Waals surface area contributed by atoms with Crippen molar-refractivity contribution < 1.29 is 28.0 Å². The van der Waals surface area contributed by atoms with E-state index in [1.165, 1.54) is 0 Å². The highest BCUT2D eigenvalue weighted by Gasteiger charge is 2.28. The van der Waals surface area contributed by atoms with Gasteiger partial charge >= 0.3 is 14.3 Å². The molecule has 0 saturated heterocycles. The molecular formula is C6H12O6P. The van der Waals surface area contributed by atoms with Gasteiger partial charge in [-0.3, -0.25) is 4.52 Å². The van der Waals surface area contributed by atoms with Gasteiger partial charge in [-0.2, -0.15) is 0 Å². The van der Waals surface area contributed by atoms with Crippen LogP contribution in [0.1, 0.15) is 20.8 Å². The molecule has 1 unspecified atom stereocenters. The number of phosphoric ester groups is 1. The normalized spacial score (nSPS) is 16.3. The largest absolute Gasteiger partial charge is 0.475 e. The second-order valence-corrected chi connectivity index (χ2v) is 4.52. The third kappa shape index (κ3) is 7.93. The lowest BCUT2D eigenvalue weighted by Gasteiger charge is -2.21. The average Bonchev–Trinajstić information content (AvgIpc) is 1.81. The van der Waals surface area contributed by atoms with E-state index in [4.69, 9.17) is 4.89 Å². The average molecular weight is 211 g/mol. The zero-order valence-corrected chi connectivity index (χ0v) is 8.54. The van der Waals surface area contributed by atoms with Crippen molar-refractivity contribution in [3.8, 4) is 0 Å². The summed E-state index contributed by atoms with van der Waals surface area (Å²) >= 11 is 0. The zero-order chi connectivity index (χ0) is 10.5. The van der Waals surface area contributed by atoms with Crippen LogP contribution >= 0.6 is 7.82 Å². The van der Waals surface area contributed by atoms with E-state index in [1.54, 1.807) is 20.8 Å². The van der Waals surface area contributed by atoms with E-state index in [0.29, 0.717) is 0 Å².